The van der Waals surface area contributed by atoms with Crippen molar-refractivity contribution in [2.45, 2.75) is 25.7 Å². The molecule has 2 rings (SSSR count). The third-order valence-electron chi connectivity index (χ3n) is 2.86. The van der Waals surface area contributed by atoms with Gasteiger partial charge in [0.05, 0.1) is 0 Å². The van der Waals surface area contributed by atoms with E-state index in [4.69, 9.17) is 21.1 Å². The number of rotatable bonds is 4. The van der Waals surface area contributed by atoms with Gasteiger partial charge in [0.15, 0.2) is 11.5 Å². The Morgan fingerprint density at radius 3 is 2.69 bits per heavy atom. The topological polar surface area (TPSA) is 18.5 Å². The predicted octanol–water partition coefficient (Wildman–Crippen LogP) is 3.58. The SMILES string of the molecule is CCCC(CCl)c1ccc2c(c1)OCCO2. The highest BCUT2D eigenvalue weighted by Crippen LogP contribution is 2.34. The van der Waals surface area contributed by atoms with Gasteiger partial charge in [-0.15, -0.1) is 11.6 Å². The zero-order valence-corrected chi connectivity index (χ0v) is 10.3. The number of ether oxygens (including phenoxy) is 2. The molecular formula is C13H17ClO2. The lowest BCUT2D eigenvalue weighted by molar-refractivity contribution is 0.171. The van der Waals surface area contributed by atoms with E-state index in [0.717, 1.165) is 24.3 Å². The first-order valence-corrected chi connectivity index (χ1v) is 6.34. The minimum atomic E-state index is 0.419. The van der Waals surface area contributed by atoms with Gasteiger partial charge in [0, 0.05) is 5.88 Å². The molecule has 0 amide bonds. The van der Waals surface area contributed by atoms with Crippen molar-refractivity contribution in [2.24, 2.45) is 0 Å². The van der Waals surface area contributed by atoms with Gasteiger partial charge in [0.1, 0.15) is 13.2 Å². The summed E-state index contributed by atoms with van der Waals surface area (Å²) in [4.78, 5) is 0. The van der Waals surface area contributed by atoms with Crippen LogP contribution in [0.2, 0.25) is 0 Å². The number of hydrogen-bond donors (Lipinski definition) is 0. The summed E-state index contributed by atoms with van der Waals surface area (Å²) in [5.74, 6) is 2.78. The van der Waals surface area contributed by atoms with E-state index in [2.05, 4.69) is 19.1 Å². The fourth-order valence-corrected chi connectivity index (χ4v) is 2.33. The van der Waals surface area contributed by atoms with E-state index in [0.29, 0.717) is 25.0 Å². The van der Waals surface area contributed by atoms with Gasteiger partial charge in [-0.1, -0.05) is 19.4 Å². The number of halogens is 1. The lowest BCUT2D eigenvalue weighted by Gasteiger charge is -2.21. The molecule has 1 aromatic rings. The van der Waals surface area contributed by atoms with Gasteiger partial charge in [-0.05, 0) is 30.0 Å². The standard InChI is InChI=1S/C13H17ClO2/c1-2-3-11(9-14)10-4-5-12-13(8-10)16-7-6-15-12/h4-5,8,11H,2-3,6-7,9H2,1H3. The molecule has 0 fully saturated rings. The van der Waals surface area contributed by atoms with Gasteiger partial charge in [0.25, 0.3) is 0 Å². The summed E-state index contributed by atoms with van der Waals surface area (Å²) >= 11 is 5.99. The molecule has 0 saturated carbocycles. The van der Waals surface area contributed by atoms with Crippen LogP contribution in [0.25, 0.3) is 0 Å². The molecule has 0 aliphatic carbocycles. The Morgan fingerprint density at radius 2 is 2.00 bits per heavy atom. The van der Waals surface area contributed by atoms with Crippen molar-refractivity contribution in [2.75, 3.05) is 19.1 Å². The van der Waals surface area contributed by atoms with Crippen LogP contribution < -0.4 is 9.47 Å². The summed E-state index contributed by atoms with van der Waals surface area (Å²) in [7, 11) is 0. The maximum absolute atomic E-state index is 5.99. The van der Waals surface area contributed by atoms with E-state index < -0.39 is 0 Å². The number of alkyl halides is 1. The van der Waals surface area contributed by atoms with Gasteiger partial charge < -0.3 is 9.47 Å². The van der Waals surface area contributed by atoms with Crippen LogP contribution >= 0.6 is 11.6 Å². The van der Waals surface area contributed by atoms with E-state index >= 15 is 0 Å². The highest BCUT2D eigenvalue weighted by molar-refractivity contribution is 6.18. The van der Waals surface area contributed by atoms with Gasteiger partial charge >= 0.3 is 0 Å². The van der Waals surface area contributed by atoms with Crippen LogP contribution in [0, 0.1) is 0 Å². The molecule has 1 unspecified atom stereocenters. The second-order valence-electron chi connectivity index (χ2n) is 4.04. The molecule has 1 heterocycles. The Kier molecular flexibility index (Phi) is 3.94. The highest BCUT2D eigenvalue weighted by Gasteiger charge is 2.15. The summed E-state index contributed by atoms with van der Waals surface area (Å²) in [5, 5.41) is 0. The zero-order valence-electron chi connectivity index (χ0n) is 9.54. The van der Waals surface area contributed by atoms with E-state index in [1.807, 2.05) is 6.07 Å². The van der Waals surface area contributed by atoms with Crippen molar-refractivity contribution < 1.29 is 9.47 Å². The largest absolute Gasteiger partial charge is 0.486 e. The fraction of sp³-hybridized carbons (Fsp3) is 0.538. The van der Waals surface area contributed by atoms with E-state index in [9.17, 15) is 0 Å². The molecular weight excluding hydrogens is 224 g/mol. The third kappa shape index (κ3) is 2.43. The molecule has 0 bridgehead atoms. The van der Waals surface area contributed by atoms with Crippen LogP contribution in [0.1, 0.15) is 31.2 Å². The minimum absolute atomic E-state index is 0.419. The Morgan fingerprint density at radius 1 is 1.25 bits per heavy atom. The van der Waals surface area contributed by atoms with Crippen molar-refractivity contribution in [3.05, 3.63) is 23.8 Å². The van der Waals surface area contributed by atoms with Crippen molar-refractivity contribution in [1.82, 2.24) is 0 Å². The Hall–Kier alpha value is -0.890. The van der Waals surface area contributed by atoms with Crippen molar-refractivity contribution >= 4 is 11.6 Å². The molecule has 0 radical (unpaired) electrons. The predicted molar refractivity (Wildman–Crippen MR) is 65.8 cm³/mol. The van der Waals surface area contributed by atoms with Gasteiger partial charge in [0.2, 0.25) is 0 Å². The second kappa shape index (κ2) is 5.44. The first-order chi connectivity index (χ1) is 7.85. The first kappa shape index (κ1) is 11.6. The Bertz CT molecular complexity index is 352. The average molecular weight is 241 g/mol. The van der Waals surface area contributed by atoms with Crippen LogP contribution in [-0.2, 0) is 0 Å². The maximum Gasteiger partial charge on any atom is 0.161 e. The molecule has 0 spiro atoms. The van der Waals surface area contributed by atoms with E-state index in [1.165, 1.54) is 5.56 Å². The molecule has 0 saturated heterocycles. The smallest absolute Gasteiger partial charge is 0.161 e. The normalized spacial score (nSPS) is 15.9. The lowest BCUT2D eigenvalue weighted by atomic mass is 9.96. The zero-order chi connectivity index (χ0) is 11.4. The first-order valence-electron chi connectivity index (χ1n) is 5.80. The van der Waals surface area contributed by atoms with Crippen LogP contribution in [0.15, 0.2) is 18.2 Å². The van der Waals surface area contributed by atoms with Crippen LogP contribution in [0.5, 0.6) is 11.5 Å². The Balaban J connectivity index is 2.21. The van der Waals surface area contributed by atoms with Crippen molar-refractivity contribution in [1.29, 1.82) is 0 Å². The molecule has 1 aliphatic heterocycles. The molecule has 1 aromatic carbocycles. The van der Waals surface area contributed by atoms with Gasteiger partial charge in [-0.2, -0.15) is 0 Å². The molecule has 16 heavy (non-hydrogen) atoms. The van der Waals surface area contributed by atoms with Crippen LogP contribution in [-0.4, -0.2) is 19.1 Å². The number of benzene rings is 1. The maximum atomic E-state index is 5.99. The summed E-state index contributed by atoms with van der Waals surface area (Å²) in [6.07, 6.45) is 2.26. The molecule has 3 heteroatoms. The van der Waals surface area contributed by atoms with Gasteiger partial charge in [-0.25, -0.2) is 0 Å². The summed E-state index contributed by atoms with van der Waals surface area (Å²) < 4.78 is 11.1. The monoisotopic (exact) mass is 240 g/mol. The average Bonchev–Trinajstić information content (AvgIpc) is 2.35. The van der Waals surface area contributed by atoms with Crippen molar-refractivity contribution in [3.8, 4) is 11.5 Å². The van der Waals surface area contributed by atoms with E-state index in [1.54, 1.807) is 0 Å². The van der Waals surface area contributed by atoms with Gasteiger partial charge in [-0.3, -0.25) is 0 Å². The summed E-state index contributed by atoms with van der Waals surface area (Å²) in [6.45, 7) is 3.45. The quantitative estimate of drug-likeness (QED) is 0.749. The molecule has 0 aromatic heterocycles. The lowest BCUT2D eigenvalue weighted by Crippen LogP contribution is -2.15. The summed E-state index contributed by atoms with van der Waals surface area (Å²) in [6, 6.07) is 6.15. The van der Waals surface area contributed by atoms with Crippen LogP contribution in [0.4, 0.5) is 0 Å². The molecule has 1 aliphatic rings. The van der Waals surface area contributed by atoms with Crippen LogP contribution in [0.3, 0.4) is 0 Å². The minimum Gasteiger partial charge on any atom is -0.486 e. The highest BCUT2D eigenvalue weighted by atomic mass is 35.5. The Labute approximate surface area is 102 Å². The number of fused-ring (bicyclic) bond motifs is 1. The number of hydrogen-bond acceptors (Lipinski definition) is 2. The third-order valence-corrected chi connectivity index (χ3v) is 3.23. The summed E-state index contributed by atoms with van der Waals surface area (Å²) in [5.41, 5.74) is 1.25. The molecule has 88 valence electrons. The molecule has 2 nitrogen and oxygen atoms in total. The van der Waals surface area contributed by atoms with Crippen molar-refractivity contribution in [3.63, 3.8) is 0 Å². The fourth-order valence-electron chi connectivity index (χ4n) is 2.00. The molecule has 0 N–H and O–H groups in total. The van der Waals surface area contributed by atoms with E-state index in [-0.39, 0.29) is 0 Å². The second-order valence-corrected chi connectivity index (χ2v) is 4.35. The molecule has 1 atom stereocenters.